The summed E-state index contributed by atoms with van der Waals surface area (Å²) in [6, 6.07) is 2.26. The number of rotatable bonds is 2. The lowest BCUT2D eigenvalue weighted by Crippen LogP contribution is -2.09. The first-order chi connectivity index (χ1) is 6.07. The molecule has 3 N–H and O–H groups in total. The van der Waals surface area contributed by atoms with E-state index in [2.05, 4.69) is 6.58 Å². The molecule has 1 rings (SSSR count). The SMILES string of the molecule is C=C[C@H](N)c1c(C)ccc(F)c1O. The van der Waals surface area contributed by atoms with Crippen molar-refractivity contribution in [1.29, 1.82) is 0 Å². The van der Waals surface area contributed by atoms with Crippen molar-refractivity contribution in [1.82, 2.24) is 0 Å². The first kappa shape index (κ1) is 9.74. The summed E-state index contributed by atoms with van der Waals surface area (Å²) in [4.78, 5) is 0. The fourth-order valence-electron chi connectivity index (χ4n) is 1.22. The number of benzene rings is 1. The Morgan fingerprint density at radius 1 is 1.62 bits per heavy atom. The van der Waals surface area contributed by atoms with Crippen LogP contribution in [0.25, 0.3) is 0 Å². The Morgan fingerprint density at radius 3 is 2.77 bits per heavy atom. The van der Waals surface area contributed by atoms with E-state index >= 15 is 0 Å². The molecule has 0 aliphatic heterocycles. The molecule has 1 aromatic rings. The van der Waals surface area contributed by atoms with Gasteiger partial charge in [-0.25, -0.2) is 4.39 Å². The molecular weight excluding hydrogens is 169 g/mol. The van der Waals surface area contributed by atoms with Crippen molar-refractivity contribution < 1.29 is 9.50 Å². The summed E-state index contributed by atoms with van der Waals surface area (Å²) in [7, 11) is 0. The minimum atomic E-state index is -0.655. The Balaban J connectivity index is 3.32. The second-order valence-electron chi connectivity index (χ2n) is 2.89. The van der Waals surface area contributed by atoms with Crippen LogP contribution in [-0.4, -0.2) is 5.11 Å². The molecule has 1 atom stereocenters. The maximum Gasteiger partial charge on any atom is 0.165 e. The van der Waals surface area contributed by atoms with E-state index < -0.39 is 11.9 Å². The van der Waals surface area contributed by atoms with Crippen LogP contribution in [0.5, 0.6) is 5.75 Å². The summed E-state index contributed by atoms with van der Waals surface area (Å²) in [6.07, 6.45) is 1.46. The third-order valence-corrected chi connectivity index (χ3v) is 1.97. The molecule has 0 radical (unpaired) electrons. The lowest BCUT2D eigenvalue weighted by atomic mass is 10.0. The molecule has 0 saturated heterocycles. The molecule has 0 heterocycles. The standard InChI is InChI=1S/C10H12FNO/c1-3-8(12)9-6(2)4-5-7(11)10(9)13/h3-5,8,13H,1,12H2,2H3/t8-/m0/s1. The van der Waals surface area contributed by atoms with Crippen molar-refractivity contribution >= 4 is 0 Å². The van der Waals surface area contributed by atoms with Gasteiger partial charge in [0, 0.05) is 5.56 Å². The van der Waals surface area contributed by atoms with Crippen LogP contribution >= 0.6 is 0 Å². The molecule has 70 valence electrons. The number of hydrogen-bond acceptors (Lipinski definition) is 2. The Hall–Kier alpha value is -1.35. The predicted molar refractivity (Wildman–Crippen MR) is 49.9 cm³/mol. The molecule has 0 spiro atoms. The highest BCUT2D eigenvalue weighted by Crippen LogP contribution is 2.29. The van der Waals surface area contributed by atoms with Gasteiger partial charge >= 0.3 is 0 Å². The quantitative estimate of drug-likeness (QED) is 0.686. The third-order valence-electron chi connectivity index (χ3n) is 1.97. The van der Waals surface area contributed by atoms with Crippen molar-refractivity contribution in [3.8, 4) is 5.75 Å². The Morgan fingerprint density at radius 2 is 2.23 bits per heavy atom. The monoisotopic (exact) mass is 181 g/mol. The zero-order chi connectivity index (χ0) is 10.0. The lowest BCUT2D eigenvalue weighted by molar-refractivity contribution is 0.423. The summed E-state index contributed by atoms with van der Waals surface area (Å²) in [5.74, 6) is -1.04. The fraction of sp³-hybridized carbons (Fsp3) is 0.200. The van der Waals surface area contributed by atoms with Crippen LogP contribution in [0.2, 0.25) is 0 Å². The molecule has 0 amide bonds. The zero-order valence-electron chi connectivity index (χ0n) is 7.42. The Bertz CT molecular complexity index is 336. The van der Waals surface area contributed by atoms with Crippen LogP contribution in [-0.2, 0) is 0 Å². The molecular formula is C10H12FNO. The summed E-state index contributed by atoms with van der Waals surface area (Å²) in [5.41, 5.74) is 6.77. The van der Waals surface area contributed by atoms with E-state index in [-0.39, 0.29) is 5.75 Å². The number of phenolic OH excluding ortho intramolecular Hbond substituents is 1. The van der Waals surface area contributed by atoms with Gasteiger partial charge in [0.2, 0.25) is 0 Å². The van der Waals surface area contributed by atoms with Gasteiger partial charge in [-0.2, -0.15) is 0 Å². The van der Waals surface area contributed by atoms with Crippen LogP contribution in [0.3, 0.4) is 0 Å². The third kappa shape index (κ3) is 1.70. The van der Waals surface area contributed by atoms with Gasteiger partial charge in [0.1, 0.15) is 0 Å². The van der Waals surface area contributed by atoms with Gasteiger partial charge in [0.25, 0.3) is 0 Å². The molecule has 0 aliphatic carbocycles. The number of nitrogens with two attached hydrogens (primary N) is 1. The highest BCUT2D eigenvalue weighted by Gasteiger charge is 2.14. The lowest BCUT2D eigenvalue weighted by Gasteiger charge is -2.12. The molecule has 0 aliphatic rings. The van der Waals surface area contributed by atoms with Crippen molar-refractivity contribution in [3.05, 3.63) is 41.7 Å². The summed E-state index contributed by atoms with van der Waals surface area (Å²) >= 11 is 0. The molecule has 2 nitrogen and oxygen atoms in total. The Labute approximate surface area is 76.5 Å². The van der Waals surface area contributed by atoms with E-state index in [1.165, 1.54) is 12.1 Å². The van der Waals surface area contributed by atoms with Crippen molar-refractivity contribution in [2.24, 2.45) is 5.73 Å². The molecule has 1 aromatic carbocycles. The van der Waals surface area contributed by atoms with Gasteiger partial charge < -0.3 is 10.8 Å². The van der Waals surface area contributed by atoms with E-state index in [1.807, 2.05) is 0 Å². The summed E-state index contributed by atoms with van der Waals surface area (Å²) in [5, 5.41) is 9.38. The first-order valence-electron chi connectivity index (χ1n) is 3.94. The van der Waals surface area contributed by atoms with Crippen LogP contribution in [0, 0.1) is 12.7 Å². The molecule has 0 fully saturated rings. The van der Waals surface area contributed by atoms with Crippen LogP contribution < -0.4 is 5.73 Å². The largest absolute Gasteiger partial charge is 0.505 e. The molecule has 0 unspecified atom stereocenters. The molecule has 0 bridgehead atoms. The summed E-state index contributed by atoms with van der Waals surface area (Å²) < 4.78 is 12.9. The topological polar surface area (TPSA) is 46.2 Å². The average Bonchev–Trinajstić information content (AvgIpc) is 2.12. The first-order valence-corrected chi connectivity index (χ1v) is 3.94. The number of halogens is 1. The second kappa shape index (κ2) is 3.58. The predicted octanol–water partition coefficient (Wildman–Crippen LogP) is 2.03. The maximum absolute atomic E-state index is 12.9. The van der Waals surface area contributed by atoms with E-state index in [0.717, 1.165) is 5.56 Å². The van der Waals surface area contributed by atoms with Crippen molar-refractivity contribution in [3.63, 3.8) is 0 Å². The van der Waals surface area contributed by atoms with Gasteiger partial charge in [-0.15, -0.1) is 6.58 Å². The highest BCUT2D eigenvalue weighted by atomic mass is 19.1. The van der Waals surface area contributed by atoms with Crippen LogP contribution in [0.15, 0.2) is 24.8 Å². The fourth-order valence-corrected chi connectivity index (χ4v) is 1.22. The minimum Gasteiger partial charge on any atom is -0.505 e. The van der Waals surface area contributed by atoms with Crippen LogP contribution in [0.1, 0.15) is 17.2 Å². The molecule has 3 heteroatoms. The van der Waals surface area contributed by atoms with Gasteiger partial charge in [0.15, 0.2) is 11.6 Å². The summed E-state index contributed by atoms with van der Waals surface area (Å²) in [6.45, 7) is 5.25. The average molecular weight is 181 g/mol. The molecule has 0 aromatic heterocycles. The normalized spacial score (nSPS) is 12.5. The highest BCUT2D eigenvalue weighted by molar-refractivity contribution is 5.43. The maximum atomic E-state index is 12.9. The van der Waals surface area contributed by atoms with E-state index in [0.29, 0.717) is 5.56 Å². The smallest absolute Gasteiger partial charge is 0.165 e. The van der Waals surface area contributed by atoms with Gasteiger partial charge in [0.05, 0.1) is 6.04 Å². The van der Waals surface area contributed by atoms with E-state index in [4.69, 9.17) is 5.73 Å². The van der Waals surface area contributed by atoms with Gasteiger partial charge in [-0.1, -0.05) is 12.1 Å². The number of phenols is 1. The van der Waals surface area contributed by atoms with E-state index in [9.17, 15) is 9.50 Å². The van der Waals surface area contributed by atoms with Crippen molar-refractivity contribution in [2.45, 2.75) is 13.0 Å². The molecule has 13 heavy (non-hydrogen) atoms. The van der Waals surface area contributed by atoms with Crippen molar-refractivity contribution in [2.75, 3.05) is 0 Å². The van der Waals surface area contributed by atoms with Gasteiger partial charge in [-0.3, -0.25) is 0 Å². The van der Waals surface area contributed by atoms with Gasteiger partial charge in [-0.05, 0) is 18.6 Å². The second-order valence-corrected chi connectivity index (χ2v) is 2.89. The van der Waals surface area contributed by atoms with Crippen LogP contribution in [0.4, 0.5) is 4.39 Å². The minimum absolute atomic E-state index is 0.382. The number of aryl methyl sites for hydroxylation is 1. The van der Waals surface area contributed by atoms with E-state index in [1.54, 1.807) is 13.0 Å². The zero-order valence-corrected chi connectivity index (χ0v) is 7.42. The number of aromatic hydroxyl groups is 1. The Kier molecular flexibility index (Phi) is 2.68. The molecule has 0 saturated carbocycles. The number of hydrogen-bond donors (Lipinski definition) is 2.